The maximum absolute atomic E-state index is 14.8. The predicted octanol–water partition coefficient (Wildman–Crippen LogP) is 8.95. The number of rotatable bonds is 15. The fourth-order valence-corrected chi connectivity index (χ4v) is 15.0. The molecule has 0 unspecified atom stereocenters. The summed E-state index contributed by atoms with van der Waals surface area (Å²) < 4.78 is 55.5. The second-order valence-electron chi connectivity index (χ2n) is 24.4. The molecule has 0 radical (unpaired) electrons. The molecule has 7 aliphatic rings. The number of pyridine rings is 1. The number of hydrogen-bond donors (Lipinski definition) is 4. The van der Waals surface area contributed by atoms with E-state index in [0.717, 1.165) is 127 Å². The van der Waals surface area contributed by atoms with Gasteiger partial charge in [0.15, 0.2) is 0 Å². The molecule has 4 N–H and O–H groups in total. The summed E-state index contributed by atoms with van der Waals surface area (Å²) in [6, 6.07) is 22.2. The van der Waals surface area contributed by atoms with Gasteiger partial charge >= 0.3 is 0 Å². The highest BCUT2D eigenvalue weighted by Crippen LogP contribution is 2.54. The van der Waals surface area contributed by atoms with Crippen LogP contribution in [0.2, 0.25) is 0 Å². The van der Waals surface area contributed by atoms with Gasteiger partial charge in [0.2, 0.25) is 5.88 Å². The molecule has 3 atom stereocenters. The van der Waals surface area contributed by atoms with E-state index in [-0.39, 0.29) is 40.8 Å². The number of aromatic amines is 1. The number of carbonyl (C=O) groups excluding carboxylic acids is 1. The molecular formula is C60H77N9O10S. The van der Waals surface area contributed by atoms with Gasteiger partial charge in [-0.1, -0.05) is 18.2 Å². The predicted molar refractivity (Wildman–Crippen MR) is 306 cm³/mol. The zero-order valence-corrected chi connectivity index (χ0v) is 47.1. The van der Waals surface area contributed by atoms with E-state index in [0.29, 0.717) is 73.9 Å². The van der Waals surface area contributed by atoms with E-state index in [1.807, 2.05) is 37.4 Å². The van der Waals surface area contributed by atoms with Gasteiger partial charge in [-0.05, 0) is 157 Å². The average molecular weight is 1120 g/mol. The molecule has 2 aliphatic carbocycles. The Labute approximate surface area is 468 Å². The third kappa shape index (κ3) is 11.3. The van der Waals surface area contributed by atoms with Crippen molar-refractivity contribution >= 4 is 55.4 Å². The second-order valence-corrected chi connectivity index (χ2v) is 26.1. The summed E-state index contributed by atoms with van der Waals surface area (Å²) in [6.45, 7) is 14.7. The number of H-pyrrole nitrogens is 1. The Morgan fingerprint density at radius 2 is 1.69 bits per heavy atom. The molecule has 5 aromatic rings. The number of nitrogens with zero attached hydrogens (tertiary/aromatic N) is 6. The number of fused-ring (bicyclic) bond motifs is 3. The number of hydrogen-bond acceptors (Lipinski definition) is 16. The Morgan fingerprint density at radius 3 is 2.46 bits per heavy atom. The number of nitro benzene ring substituents is 1. The number of piperazine rings is 1. The van der Waals surface area contributed by atoms with Gasteiger partial charge in [0.25, 0.3) is 21.6 Å². The minimum absolute atomic E-state index is 0.0732. The molecule has 19 nitrogen and oxygen atoms in total. The number of benzene rings is 3. The van der Waals surface area contributed by atoms with Crippen LogP contribution >= 0.6 is 0 Å². The Hall–Kier alpha value is -6.03. The lowest BCUT2D eigenvalue weighted by molar-refractivity contribution is -0.384. The van der Waals surface area contributed by atoms with Crippen LogP contribution < -0.4 is 29.3 Å². The fraction of sp³-hybridized carbons (Fsp3) is 0.567. The molecule has 20 heteroatoms. The topological polar surface area (TPSA) is 217 Å². The number of piperidine rings is 1. The molecule has 0 bridgehead atoms. The first-order chi connectivity index (χ1) is 38.6. The van der Waals surface area contributed by atoms with Crippen LogP contribution in [0.1, 0.15) is 113 Å². The number of aliphatic hydroxyl groups is 1. The number of anilines is 4. The van der Waals surface area contributed by atoms with E-state index in [1.54, 1.807) is 6.07 Å². The van der Waals surface area contributed by atoms with E-state index in [9.17, 15) is 28.4 Å². The molecule has 4 saturated heterocycles. The summed E-state index contributed by atoms with van der Waals surface area (Å²) in [5, 5.41) is 26.9. The molecule has 7 heterocycles. The Morgan fingerprint density at radius 1 is 0.912 bits per heavy atom. The first kappa shape index (κ1) is 54.6. The summed E-state index contributed by atoms with van der Waals surface area (Å²) in [7, 11) is -4.64. The summed E-state index contributed by atoms with van der Waals surface area (Å²) in [5.74, 6) is 1.32. The lowest BCUT2D eigenvalue weighted by atomic mass is 9.59. The third-order valence-corrected chi connectivity index (χ3v) is 19.9. The fourth-order valence-electron chi connectivity index (χ4n) is 14.0. The first-order valence-electron chi connectivity index (χ1n) is 29.1. The molecule has 80 heavy (non-hydrogen) atoms. The van der Waals surface area contributed by atoms with Crippen LogP contribution in [-0.4, -0.2) is 146 Å². The first-order valence-corrected chi connectivity index (χ1v) is 30.6. The molecule has 12 rings (SSSR count). The maximum Gasteiger partial charge on any atom is 0.293 e. The van der Waals surface area contributed by atoms with Gasteiger partial charge in [-0.3, -0.25) is 24.7 Å². The summed E-state index contributed by atoms with van der Waals surface area (Å²) in [5.41, 5.74) is 3.33. The van der Waals surface area contributed by atoms with Crippen LogP contribution in [0.15, 0.2) is 83.9 Å². The van der Waals surface area contributed by atoms with Crippen LogP contribution in [0.4, 0.5) is 28.4 Å². The molecule has 6 fully saturated rings. The number of nitro groups is 1. The number of nitrogens with one attached hydrogen (secondary N) is 3. The van der Waals surface area contributed by atoms with Crippen molar-refractivity contribution in [1.29, 1.82) is 0 Å². The van der Waals surface area contributed by atoms with Crippen LogP contribution in [0.3, 0.4) is 0 Å². The van der Waals surface area contributed by atoms with Gasteiger partial charge in [-0.25, -0.2) is 13.1 Å². The summed E-state index contributed by atoms with van der Waals surface area (Å²) in [4.78, 5) is 44.2. The van der Waals surface area contributed by atoms with Crippen LogP contribution in [-0.2, 0) is 19.5 Å². The van der Waals surface area contributed by atoms with Crippen LogP contribution in [0.25, 0.3) is 11.0 Å². The largest absolute Gasteiger partial charge is 0.491 e. The molecular weight excluding hydrogens is 1040 g/mol. The molecule has 1 amide bonds. The van der Waals surface area contributed by atoms with E-state index < -0.39 is 43.1 Å². The minimum atomic E-state index is -4.64. The van der Waals surface area contributed by atoms with Crippen molar-refractivity contribution in [2.75, 3.05) is 87.4 Å². The van der Waals surface area contributed by atoms with Crippen molar-refractivity contribution in [2.24, 2.45) is 17.3 Å². The summed E-state index contributed by atoms with van der Waals surface area (Å²) >= 11 is 0. The van der Waals surface area contributed by atoms with Gasteiger partial charge in [-0.15, -0.1) is 0 Å². The normalized spacial score (nSPS) is 25.9. The van der Waals surface area contributed by atoms with Crippen molar-refractivity contribution in [3.63, 3.8) is 0 Å². The zero-order chi connectivity index (χ0) is 55.3. The molecule has 5 aliphatic heterocycles. The second kappa shape index (κ2) is 22.4. The van der Waals surface area contributed by atoms with Gasteiger partial charge in [0, 0.05) is 101 Å². The highest BCUT2D eigenvalue weighted by molar-refractivity contribution is 7.90. The SMILES string of the molecule is CC(C)Oc1ccccc1[C@H]1CN(CC2CCOCC2)CCN1C1CC2(CCN(c3ccc(C(=O)NS(=O)(=O)c4ccc(NC[C@H]5CC[C@](C)(O)CC5)c([N+](=O)[O-])c4)c(N4c5cc6cc[nH]c6nc5O[C@H]5COCC[C@@H]54)c3)CC2)C1. The van der Waals surface area contributed by atoms with Gasteiger partial charge in [0.1, 0.15) is 28.9 Å². The Kier molecular flexibility index (Phi) is 15.3. The molecule has 2 aromatic heterocycles. The van der Waals surface area contributed by atoms with Crippen LogP contribution in [0, 0.1) is 27.4 Å². The Balaban J connectivity index is 0.798. The van der Waals surface area contributed by atoms with Crippen molar-refractivity contribution < 1.29 is 42.2 Å². The van der Waals surface area contributed by atoms with E-state index in [1.165, 1.54) is 17.7 Å². The lowest BCUT2D eigenvalue weighted by Gasteiger charge is -2.58. The molecule has 1 spiro atoms. The number of amides is 1. The standard InChI is InChI=1S/C60H77N9O10S/c1-39(2)78-54-7-5-4-6-46(54)53-37-65(36-41-15-27-76-28-16-41)25-26-67(53)44-33-60(34-44)20-23-66(24-21-60)43-8-10-47(50(31-43)68-49-17-29-77-38-55(49)79-58-52(68)30-42-14-22-61-56(42)63-58)57(70)64-80(74,75)45-9-11-48(51(32-45)69(72)73)62-35-40-12-18-59(3,71)19-13-40/h4-11,14,22,30-32,39-41,44,49,53,55,62,71H,12-13,15-21,23-29,33-38H2,1-3H3,(H,61,63)(H,64,70)/t40-,49-,53+,55-,59-/m0/s1. The number of para-hydroxylation sites is 1. The molecule has 2 saturated carbocycles. The van der Waals surface area contributed by atoms with Crippen molar-refractivity contribution in [3.8, 4) is 11.6 Å². The third-order valence-electron chi connectivity index (χ3n) is 18.6. The highest BCUT2D eigenvalue weighted by Gasteiger charge is 2.51. The van der Waals surface area contributed by atoms with Crippen molar-refractivity contribution in [2.45, 2.75) is 132 Å². The van der Waals surface area contributed by atoms with Gasteiger partial charge < -0.3 is 44.2 Å². The number of carbonyl (C=O) groups is 1. The summed E-state index contributed by atoms with van der Waals surface area (Å²) in [6.07, 6.45) is 11.3. The van der Waals surface area contributed by atoms with Crippen LogP contribution in [0.5, 0.6) is 11.6 Å². The van der Waals surface area contributed by atoms with E-state index in [4.69, 9.17) is 23.9 Å². The number of ether oxygens (including phenoxy) is 4. The quantitative estimate of drug-likeness (QED) is 0.0568. The van der Waals surface area contributed by atoms with E-state index in [2.05, 4.69) is 72.7 Å². The zero-order valence-electron chi connectivity index (χ0n) is 46.3. The monoisotopic (exact) mass is 1120 g/mol. The maximum atomic E-state index is 14.8. The van der Waals surface area contributed by atoms with Crippen molar-refractivity contribution in [1.82, 2.24) is 24.5 Å². The van der Waals surface area contributed by atoms with Gasteiger partial charge in [-0.2, -0.15) is 4.98 Å². The lowest BCUT2D eigenvalue weighted by Crippen LogP contribution is -2.60. The number of sulfonamides is 1. The molecule has 428 valence electrons. The van der Waals surface area contributed by atoms with Gasteiger partial charge in [0.05, 0.1) is 51.5 Å². The smallest absolute Gasteiger partial charge is 0.293 e. The minimum Gasteiger partial charge on any atom is -0.491 e. The van der Waals surface area contributed by atoms with Crippen molar-refractivity contribution in [3.05, 3.63) is 100 Å². The molecule has 3 aromatic carbocycles. The Bertz CT molecular complexity index is 3180. The number of aromatic nitrogens is 2. The highest BCUT2D eigenvalue weighted by atomic mass is 32.2. The van der Waals surface area contributed by atoms with E-state index >= 15 is 0 Å². The average Bonchev–Trinajstić information content (AvgIpc) is 3.92.